The predicted molar refractivity (Wildman–Crippen MR) is 120 cm³/mol. The molecule has 33 heavy (non-hydrogen) atoms. The van der Waals surface area contributed by atoms with Crippen LogP contribution < -0.4 is 20.3 Å². The zero-order valence-electron chi connectivity index (χ0n) is 17.5. The molecule has 1 heterocycles. The fourth-order valence-corrected chi connectivity index (χ4v) is 2.75. The second-order valence-corrected chi connectivity index (χ2v) is 6.55. The smallest absolute Gasteiger partial charge is 0.395 e. The molecule has 0 unspecified atom stereocenters. The Morgan fingerprint density at radius 1 is 1.18 bits per heavy atom. The van der Waals surface area contributed by atoms with E-state index >= 15 is 0 Å². The van der Waals surface area contributed by atoms with Gasteiger partial charge in [-0.05, 0) is 42.8 Å². The van der Waals surface area contributed by atoms with Crippen LogP contribution in [0.3, 0.4) is 0 Å². The maximum absolute atomic E-state index is 12.2. The van der Waals surface area contributed by atoms with Crippen LogP contribution in [0.25, 0.3) is 12.2 Å². The highest BCUT2D eigenvalue weighted by atomic mass is 16.6. The number of amides is 1. The van der Waals surface area contributed by atoms with E-state index in [1.807, 2.05) is 13.0 Å². The van der Waals surface area contributed by atoms with Gasteiger partial charge in [0.05, 0.1) is 17.2 Å². The van der Waals surface area contributed by atoms with Gasteiger partial charge in [0.25, 0.3) is 11.8 Å². The quantitative estimate of drug-likeness (QED) is 0.330. The molecule has 3 N–H and O–H groups in total. The van der Waals surface area contributed by atoms with Crippen LogP contribution in [-0.4, -0.2) is 39.1 Å². The molecule has 0 spiro atoms. The van der Waals surface area contributed by atoms with Crippen molar-refractivity contribution in [2.75, 3.05) is 18.5 Å². The first-order chi connectivity index (χ1) is 15.9. The molecule has 1 amide bonds. The average Bonchev–Trinajstić information content (AvgIpc) is 2.78. The van der Waals surface area contributed by atoms with Crippen LogP contribution in [0.15, 0.2) is 53.3 Å². The average molecular weight is 452 g/mol. The highest BCUT2D eigenvalue weighted by Crippen LogP contribution is 2.23. The summed E-state index contributed by atoms with van der Waals surface area (Å²) in [5, 5.41) is 23.0. The van der Waals surface area contributed by atoms with E-state index in [0.717, 1.165) is 0 Å². The van der Waals surface area contributed by atoms with Gasteiger partial charge in [0.1, 0.15) is 17.3 Å². The van der Waals surface area contributed by atoms with Crippen LogP contribution >= 0.6 is 0 Å². The van der Waals surface area contributed by atoms with Gasteiger partial charge in [-0.25, -0.2) is 0 Å². The number of aromatic hydroxyl groups is 1. The number of benzene rings is 2. The van der Waals surface area contributed by atoms with Crippen molar-refractivity contribution in [1.82, 2.24) is 9.97 Å². The lowest BCUT2D eigenvalue weighted by Gasteiger charge is -2.11. The maximum atomic E-state index is 12.2. The van der Waals surface area contributed by atoms with Crippen molar-refractivity contribution in [3.63, 3.8) is 0 Å². The first kappa shape index (κ1) is 23.0. The molecule has 0 aliphatic heterocycles. The van der Waals surface area contributed by atoms with E-state index in [1.165, 1.54) is 6.08 Å². The van der Waals surface area contributed by atoms with Gasteiger partial charge in [-0.1, -0.05) is 30.3 Å². The third kappa shape index (κ3) is 6.17. The number of nitro groups is 1. The molecule has 1 aromatic heterocycles. The molecule has 0 saturated heterocycles. The minimum atomic E-state index is -1.06. The van der Waals surface area contributed by atoms with E-state index < -0.39 is 22.0 Å². The fourth-order valence-electron chi connectivity index (χ4n) is 2.75. The first-order valence-electron chi connectivity index (χ1n) is 9.77. The van der Waals surface area contributed by atoms with Gasteiger partial charge in [0.15, 0.2) is 6.61 Å². The van der Waals surface area contributed by atoms with Crippen molar-refractivity contribution in [2.24, 2.45) is 0 Å². The molecule has 11 nitrogen and oxygen atoms in total. The molecule has 11 heteroatoms. The summed E-state index contributed by atoms with van der Waals surface area (Å²) in [5.74, 6) is -0.331. The Morgan fingerprint density at radius 2 is 1.91 bits per heavy atom. The number of carbonyl (C=O) groups excluding carboxylic acids is 1. The number of ether oxygens (including phenoxy) is 2. The number of nitrogens with one attached hydrogen (secondary N) is 2. The number of hydrogen-bond donors (Lipinski definition) is 3. The molecule has 0 fully saturated rings. The van der Waals surface area contributed by atoms with E-state index in [4.69, 9.17) is 9.47 Å². The monoisotopic (exact) mass is 452 g/mol. The summed E-state index contributed by atoms with van der Waals surface area (Å²) in [4.78, 5) is 39.4. The molecule has 0 bridgehead atoms. The zero-order chi connectivity index (χ0) is 23.8. The summed E-state index contributed by atoms with van der Waals surface area (Å²) in [5.41, 5.74) is -0.826. The molecule has 0 atom stereocenters. The van der Waals surface area contributed by atoms with Gasteiger partial charge < -0.3 is 24.9 Å². The number of hydrogen-bond acceptors (Lipinski definition) is 8. The molecule has 2 aromatic carbocycles. The van der Waals surface area contributed by atoms with Gasteiger partial charge in [0, 0.05) is 0 Å². The number of anilines is 1. The number of nitrogens with zero attached hydrogens (tertiary/aromatic N) is 2. The second kappa shape index (κ2) is 10.6. The summed E-state index contributed by atoms with van der Waals surface area (Å²) < 4.78 is 11.0. The number of H-pyrrole nitrogens is 1. The van der Waals surface area contributed by atoms with Gasteiger partial charge in [-0.15, -0.1) is 0 Å². The van der Waals surface area contributed by atoms with Crippen LogP contribution in [-0.2, 0) is 4.79 Å². The van der Waals surface area contributed by atoms with Gasteiger partial charge in [0.2, 0.25) is 0 Å². The molecule has 170 valence electrons. The standard InChI is InChI=1S/C22H20N4O7/c1-2-32-17-6-4-3-5-16(17)23-19(27)13-33-15-10-7-14(8-11-15)9-12-18-24-21(28)20(26(30)31)22(29)25-18/h3-12H,2,13H2,1H3,(H,23,27)(H2,24,25,28,29)/b12-9+. The summed E-state index contributed by atoms with van der Waals surface area (Å²) in [6.07, 6.45) is 2.95. The second-order valence-electron chi connectivity index (χ2n) is 6.55. The Morgan fingerprint density at radius 3 is 2.58 bits per heavy atom. The number of para-hydroxylation sites is 2. The van der Waals surface area contributed by atoms with Crippen LogP contribution in [0.2, 0.25) is 0 Å². The van der Waals surface area contributed by atoms with Crippen LogP contribution in [0.1, 0.15) is 18.3 Å². The summed E-state index contributed by atoms with van der Waals surface area (Å²) in [6, 6.07) is 13.8. The van der Waals surface area contributed by atoms with E-state index in [9.17, 15) is 24.8 Å². The highest BCUT2D eigenvalue weighted by molar-refractivity contribution is 5.93. The van der Waals surface area contributed by atoms with E-state index in [1.54, 1.807) is 48.5 Å². The van der Waals surface area contributed by atoms with Crippen LogP contribution in [0.4, 0.5) is 11.4 Å². The summed E-state index contributed by atoms with van der Waals surface area (Å²) >= 11 is 0. The van der Waals surface area contributed by atoms with Crippen molar-refractivity contribution in [2.45, 2.75) is 6.92 Å². The Balaban J connectivity index is 1.58. The lowest BCUT2D eigenvalue weighted by atomic mass is 10.2. The maximum Gasteiger partial charge on any atom is 0.395 e. The molecular formula is C22H20N4O7. The summed E-state index contributed by atoms with van der Waals surface area (Å²) in [7, 11) is 0. The Labute approximate surface area is 187 Å². The van der Waals surface area contributed by atoms with Crippen LogP contribution in [0.5, 0.6) is 17.4 Å². The lowest BCUT2D eigenvalue weighted by molar-refractivity contribution is -0.387. The Bertz CT molecular complexity index is 1240. The van der Waals surface area contributed by atoms with Crippen molar-refractivity contribution >= 4 is 29.4 Å². The molecule has 0 radical (unpaired) electrons. The van der Waals surface area contributed by atoms with Crippen LogP contribution in [0, 0.1) is 10.1 Å². The third-order valence-electron chi connectivity index (χ3n) is 4.22. The van der Waals surface area contributed by atoms with Gasteiger partial charge >= 0.3 is 11.2 Å². The molecule has 0 aliphatic rings. The molecular weight excluding hydrogens is 432 g/mol. The minimum Gasteiger partial charge on any atom is -0.492 e. The van der Waals surface area contributed by atoms with E-state index in [0.29, 0.717) is 29.4 Å². The largest absolute Gasteiger partial charge is 0.492 e. The zero-order valence-corrected chi connectivity index (χ0v) is 17.5. The van der Waals surface area contributed by atoms with Crippen molar-refractivity contribution in [1.29, 1.82) is 0 Å². The number of aromatic nitrogens is 2. The normalized spacial score (nSPS) is 10.7. The topological polar surface area (TPSA) is 157 Å². The predicted octanol–water partition coefficient (Wildman–Crippen LogP) is 2.97. The number of aromatic amines is 1. The van der Waals surface area contributed by atoms with E-state index in [2.05, 4.69) is 15.3 Å². The number of rotatable bonds is 9. The minimum absolute atomic E-state index is 0.0487. The molecule has 0 aliphatic carbocycles. The number of carbonyl (C=O) groups is 1. The van der Waals surface area contributed by atoms with Gasteiger partial charge in [-0.3, -0.25) is 19.7 Å². The molecule has 3 aromatic rings. The SMILES string of the molecule is CCOc1ccccc1NC(=O)COc1ccc(/C=C/c2nc(O)c([N+](=O)[O-])c(=O)[nH]2)cc1. The van der Waals surface area contributed by atoms with E-state index in [-0.39, 0.29) is 18.3 Å². The van der Waals surface area contributed by atoms with Crippen molar-refractivity contribution in [3.05, 3.63) is 80.4 Å². The first-order valence-corrected chi connectivity index (χ1v) is 9.77. The molecule has 3 rings (SSSR count). The summed E-state index contributed by atoms with van der Waals surface area (Å²) in [6.45, 7) is 2.12. The lowest BCUT2D eigenvalue weighted by Crippen LogP contribution is -2.20. The fraction of sp³-hybridized carbons (Fsp3) is 0.136. The molecule has 0 saturated carbocycles. The van der Waals surface area contributed by atoms with Gasteiger partial charge in [-0.2, -0.15) is 4.98 Å². The van der Waals surface area contributed by atoms with Crippen molar-refractivity contribution in [3.8, 4) is 17.4 Å². The third-order valence-corrected chi connectivity index (χ3v) is 4.22. The Kier molecular flexibility index (Phi) is 7.37. The highest BCUT2D eigenvalue weighted by Gasteiger charge is 2.21. The van der Waals surface area contributed by atoms with Crippen molar-refractivity contribution < 1.29 is 24.3 Å². The Hall–Kier alpha value is -4.67.